The van der Waals surface area contributed by atoms with E-state index in [1.54, 1.807) is 50.6 Å². The molecule has 0 saturated heterocycles. The Bertz CT molecular complexity index is 997. The number of methoxy groups -OCH3 is 2. The van der Waals surface area contributed by atoms with Crippen LogP contribution in [0.4, 0.5) is 5.69 Å². The van der Waals surface area contributed by atoms with Gasteiger partial charge >= 0.3 is 0 Å². The largest absolute Gasteiger partial charge is 0.493 e. The predicted octanol–water partition coefficient (Wildman–Crippen LogP) is 4.79. The van der Waals surface area contributed by atoms with E-state index in [1.165, 1.54) is 0 Å². The van der Waals surface area contributed by atoms with Crippen LogP contribution in [0, 0.1) is 0 Å². The second kappa shape index (κ2) is 9.18. The summed E-state index contributed by atoms with van der Waals surface area (Å²) < 4.78 is 16.1. The number of carbonyl (C=O) groups is 1. The number of nitrogens with one attached hydrogen (secondary N) is 1. The van der Waals surface area contributed by atoms with Gasteiger partial charge in [-0.05, 0) is 30.3 Å². The van der Waals surface area contributed by atoms with E-state index in [9.17, 15) is 4.79 Å². The summed E-state index contributed by atoms with van der Waals surface area (Å²) in [5.41, 5.74) is 1.11. The van der Waals surface area contributed by atoms with Crippen LogP contribution >= 0.6 is 35.0 Å². The van der Waals surface area contributed by atoms with Crippen LogP contribution in [-0.4, -0.2) is 36.1 Å². The minimum absolute atomic E-state index is 0.0659. The van der Waals surface area contributed by atoms with Crippen molar-refractivity contribution in [2.45, 2.75) is 5.22 Å². The Kier molecular flexibility index (Phi) is 6.66. The number of hydrogen-bond donors (Lipinski definition) is 1. The quantitative estimate of drug-likeness (QED) is 0.529. The molecule has 0 spiro atoms. The highest BCUT2D eigenvalue weighted by Crippen LogP contribution is 2.33. The number of amides is 1. The van der Waals surface area contributed by atoms with Crippen LogP contribution in [0.2, 0.25) is 10.0 Å². The first-order valence-corrected chi connectivity index (χ1v) is 9.68. The van der Waals surface area contributed by atoms with Crippen molar-refractivity contribution in [1.82, 2.24) is 10.2 Å². The molecule has 0 unspecified atom stereocenters. The van der Waals surface area contributed by atoms with Crippen molar-refractivity contribution in [2.75, 3.05) is 25.3 Å². The van der Waals surface area contributed by atoms with Crippen molar-refractivity contribution in [3.8, 4) is 23.0 Å². The lowest BCUT2D eigenvalue weighted by Gasteiger charge is -2.07. The number of thioether (sulfide) groups is 1. The lowest BCUT2D eigenvalue weighted by molar-refractivity contribution is -0.113. The fraction of sp³-hybridized carbons (Fsp3) is 0.167. The highest BCUT2D eigenvalue weighted by molar-refractivity contribution is 7.99. The Morgan fingerprint density at radius 2 is 1.93 bits per heavy atom. The first kappa shape index (κ1) is 20.3. The molecule has 0 radical (unpaired) electrons. The van der Waals surface area contributed by atoms with Crippen molar-refractivity contribution in [1.29, 1.82) is 0 Å². The van der Waals surface area contributed by atoms with Gasteiger partial charge < -0.3 is 19.2 Å². The molecule has 0 saturated carbocycles. The van der Waals surface area contributed by atoms with E-state index in [0.29, 0.717) is 33.7 Å². The van der Waals surface area contributed by atoms with Gasteiger partial charge in [0.15, 0.2) is 11.5 Å². The highest BCUT2D eigenvalue weighted by Gasteiger charge is 2.14. The first-order chi connectivity index (χ1) is 13.5. The summed E-state index contributed by atoms with van der Waals surface area (Å²) in [4.78, 5) is 12.1. The molecule has 2 aromatic carbocycles. The van der Waals surface area contributed by atoms with E-state index >= 15 is 0 Å². The minimum Gasteiger partial charge on any atom is -0.493 e. The third-order valence-electron chi connectivity index (χ3n) is 3.59. The van der Waals surface area contributed by atoms with E-state index < -0.39 is 0 Å². The number of anilines is 1. The average molecular weight is 440 g/mol. The normalized spacial score (nSPS) is 10.6. The predicted molar refractivity (Wildman–Crippen MR) is 109 cm³/mol. The summed E-state index contributed by atoms with van der Waals surface area (Å²) in [7, 11) is 3.10. The number of rotatable bonds is 7. The van der Waals surface area contributed by atoms with Crippen molar-refractivity contribution in [3.05, 3.63) is 46.4 Å². The zero-order valence-corrected chi connectivity index (χ0v) is 17.2. The Balaban J connectivity index is 1.63. The number of benzene rings is 2. The van der Waals surface area contributed by atoms with Crippen LogP contribution in [0.1, 0.15) is 0 Å². The van der Waals surface area contributed by atoms with E-state index in [0.717, 1.165) is 11.8 Å². The fourth-order valence-electron chi connectivity index (χ4n) is 2.27. The lowest BCUT2D eigenvalue weighted by atomic mass is 10.2. The second-order valence-electron chi connectivity index (χ2n) is 5.38. The van der Waals surface area contributed by atoms with Crippen molar-refractivity contribution in [2.24, 2.45) is 0 Å². The van der Waals surface area contributed by atoms with E-state index in [1.807, 2.05) is 0 Å². The third-order valence-corrected chi connectivity index (χ3v) is 5.23. The smallest absolute Gasteiger partial charge is 0.277 e. The van der Waals surface area contributed by atoms with Gasteiger partial charge in [-0.1, -0.05) is 41.0 Å². The van der Waals surface area contributed by atoms with Crippen LogP contribution in [-0.2, 0) is 4.79 Å². The number of halogens is 2. The summed E-state index contributed by atoms with van der Waals surface area (Å²) in [6, 6.07) is 10.3. The summed E-state index contributed by atoms with van der Waals surface area (Å²) >= 11 is 13.1. The van der Waals surface area contributed by atoms with Crippen LogP contribution in [0.3, 0.4) is 0 Å². The van der Waals surface area contributed by atoms with Crippen LogP contribution < -0.4 is 14.8 Å². The Labute approximate surface area is 175 Å². The maximum absolute atomic E-state index is 12.1. The van der Waals surface area contributed by atoms with Gasteiger partial charge in [-0.25, -0.2) is 0 Å². The van der Waals surface area contributed by atoms with Crippen LogP contribution in [0.5, 0.6) is 11.5 Å². The van der Waals surface area contributed by atoms with Gasteiger partial charge in [0.1, 0.15) is 0 Å². The zero-order valence-electron chi connectivity index (χ0n) is 14.9. The molecule has 1 N–H and O–H groups in total. The molecule has 0 atom stereocenters. The molecule has 1 amide bonds. The fourth-order valence-corrected chi connectivity index (χ4v) is 3.18. The second-order valence-corrected chi connectivity index (χ2v) is 7.09. The molecular weight excluding hydrogens is 425 g/mol. The number of hydrogen-bond acceptors (Lipinski definition) is 7. The summed E-state index contributed by atoms with van der Waals surface area (Å²) in [6.45, 7) is 0. The number of carbonyl (C=O) groups excluding carboxylic acids is 1. The van der Waals surface area contributed by atoms with Crippen LogP contribution in [0.15, 0.2) is 46.0 Å². The lowest BCUT2D eigenvalue weighted by Crippen LogP contribution is -2.14. The van der Waals surface area contributed by atoms with E-state index in [2.05, 4.69) is 15.5 Å². The molecule has 1 heterocycles. The monoisotopic (exact) mass is 439 g/mol. The molecule has 1 aromatic heterocycles. The molecule has 0 aliphatic heterocycles. The van der Waals surface area contributed by atoms with Gasteiger partial charge in [0, 0.05) is 5.56 Å². The molecule has 28 heavy (non-hydrogen) atoms. The van der Waals surface area contributed by atoms with Gasteiger partial charge in [-0.2, -0.15) is 0 Å². The minimum atomic E-state index is -0.278. The standard InChI is InChI=1S/C18H15Cl2N3O4S/c1-25-13-7-6-10(8-14(13)26-2)17-22-23-18(27-17)28-9-15(24)21-12-5-3-4-11(19)16(12)20/h3-8H,9H2,1-2H3,(H,21,24). The number of ether oxygens (including phenoxy) is 2. The van der Waals surface area contributed by atoms with Crippen LogP contribution in [0.25, 0.3) is 11.5 Å². The molecule has 0 aliphatic carbocycles. The average Bonchev–Trinajstić information content (AvgIpc) is 3.18. The van der Waals surface area contributed by atoms with Gasteiger partial charge in [-0.3, -0.25) is 4.79 Å². The molecule has 3 rings (SSSR count). The molecule has 10 heteroatoms. The highest BCUT2D eigenvalue weighted by atomic mass is 35.5. The molecule has 0 fully saturated rings. The number of aromatic nitrogens is 2. The Hall–Kier alpha value is -2.42. The summed E-state index contributed by atoms with van der Waals surface area (Å²) in [5, 5.41) is 11.6. The maximum Gasteiger partial charge on any atom is 0.277 e. The first-order valence-electron chi connectivity index (χ1n) is 7.94. The van der Waals surface area contributed by atoms with Gasteiger partial charge in [0.05, 0.1) is 35.7 Å². The Morgan fingerprint density at radius 1 is 1.14 bits per heavy atom. The van der Waals surface area contributed by atoms with Gasteiger partial charge in [-0.15, -0.1) is 10.2 Å². The zero-order chi connectivity index (χ0) is 20.1. The van der Waals surface area contributed by atoms with Crippen molar-refractivity contribution < 1.29 is 18.7 Å². The van der Waals surface area contributed by atoms with Gasteiger partial charge in [0.25, 0.3) is 5.22 Å². The Morgan fingerprint density at radius 3 is 2.68 bits per heavy atom. The summed E-state index contributed by atoms with van der Waals surface area (Å²) in [6.07, 6.45) is 0. The van der Waals surface area contributed by atoms with Crippen molar-refractivity contribution >= 4 is 46.6 Å². The SMILES string of the molecule is COc1ccc(-c2nnc(SCC(=O)Nc3cccc(Cl)c3Cl)o2)cc1OC. The molecule has 3 aromatic rings. The number of nitrogens with zero attached hydrogens (tertiary/aromatic N) is 2. The summed E-state index contributed by atoms with van der Waals surface area (Å²) in [5.74, 6) is 1.24. The molecule has 0 bridgehead atoms. The van der Waals surface area contributed by atoms with E-state index in [4.69, 9.17) is 37.1 Å². The molecular formula is C18H15Cl2N3O4S. The van der Waals surface area contributed by atoms with Crippen molar-refractivity contribution in [3.63, 3.8) is 0 Å². The molecule has 0 aliphatic rings. The topological polar surface area (TPSA) is 86.5 Å². The molecule has 146 valence electrons. The van der Waals surface area contributed by atoms with E-state index in [-0.39, 0.29) is 21.9 Å². The third kappa shape index (κ3) is 4.70. The van der Waals surface area contributed by atoms with Gasteiger partial charge in [0.2, 0.25) is 11.8 Å². The maximum atomic E-state index is 12.1. The molecule has 7 nitrogen and oxygen atoms in total.